The third kappa shape index (κ3) is 13.4. The Labute approximate surface area is 493 Å². The van der Waals surface area contributed by atoms with Crippen LogP contribution >= 0.6 is 22.9 Å². The summed E-state index contributed by atoms with van der Waals surface area (Å²) in [5, 5.41) is 28.5. The van der Waals surface area contributed by atoms with Crippen LogP contribution in [0.25, 0.3) is 15.9 Å². The number of aryl methyl sites for hydroxylation is 3. The topological polar surface area (TPSA) is 244 Å². The highest BCUT2D eigenvalue weighted by Crippen LogP contribution is 2.40. The zero-order chi connectivity index (χ0) is 59.9. The van der Waals surface area contributed by atoms with Crippen molar-refractivity contribution in [3.63, 3.8) is 0 Å². The summed E-state index contributed by atoms with van der Waals surface area (Å²) >= 11 is 7.89. The molecule has 0 radical (unpaired) electrons. The van der Waals surface area contributed by atoms with E-state index in [0.717, 1.165) is 68.6 Å². The zero-order valence-electron chi connectivity index (χ0n) is 47.6. The van der Waals surface area contributed by atoms with Crippen LogP contribution in [-0.4, -0.2) is 165 Å². The summed E-state index contributed by atoms with van der Waals surface area (Å²) in [5.74, 6) is -3.14. The van der Waals surface area contributed by atoms with Crippen LogP contribution in [0.5, 0.6) is 5.75 Å². The number of likely N-dealkylation sites (N-methyl/N-ethyl adjacent to an activating group) is 1. The van der Waals surface area contributed by atoms with Crippen LogP contribution in [0.4, 0.5) is 19.3 Å². The Morgan fingerprint density at radius 1 is 0.857 bits per heavy atom. The number of amides is 6. The lowest BCUT2D eigenvalue weighted by Crippen LogP contribution is -2.59. The number of benzene rings is 3. The second-order valence-electron chi connectivity index (χ2n) is 21.1. The number of carbonyl (C=O) groups excluding carboxylic acids is 5. The van der Waals surface area contributed by atoms with Crippen LogP contribution in [0, 0.1) is 38.3 Å². The molecule has 2 aliphatic heterocycles. The van der Waals surface area contributed by atoms with Crippen molar-refractivity contribution in [2.45, 2.75) is 84.3 Å². The number of carboxylic acid groups (broad SMARTS) is 1. The number of nitrogens with one attached hydrogen (secondary N) is 3. The first-order valence-electron chi connectivity index (χ1n) is 28.0. The first kappa shape index (κ1) is 60.8. The van der Waals surface area contributed by atoms with Gasteiger partial charge >= 0.3 is 6.09 Å². The molecule has 2 fully saturated rings. The molecule has 1 saturated carbocycles. The number of carbonyl (C=O) groups is 6. The van der Waals surface area contributed by atoms with E-state index in [1.807, 2.05) is 35.8 Å². The standard InChI is InChI=1S/C59H68ClF2N11O10S/c1-33-35(3)84-58-48(33)50(38-12-14-39(60)15-13-38)65-45(53-68-67-36(4)73(53)58)32-47(74)64-40-16-18-41(19-17-40)83-29-28-82-27-26-81-25-20-63-55(76)49-42-30-43(61)44(62)31-46(42)70(6)52(49)57(78)72-23-21-71(22-24-72)56(77)51(37-10-8-7-9-11-37)66-54(75)34(2)69(5)59(79)80/h12-19,30-31,34,37,45,51H,7-11,20-29,32H2,1-6H3,(H,63,76)(H,64,74)(H,66,75)(H,79,80)/t34?,45-,51?/m0/s1. The van der Waals surface area contributed by atoms with Gasteiger partial charge in [0.05, 0.1) is 49.6 Å². The predicted octanol–water partition coefficient (Wildman–Crippen LogP) is 7.79. The van der Waals surface area contributed by atoms with Crippen LogP contribution in [-0.2, 0) is 30.9 Å². The monoisotopic (exact) mass is 1200 g/mol. The molecule has 3 aliphatic rings. The van der Waals surface area contributed by atoms with Gasteiger partial charge in [-0.05, 0) is 94.5 Å². The molecule has 0 bridgehead atoms. The summed E-state index contributed by atoms with van der Waals surface area (Å²) in [5.41, 5.74) is 4.15. The van der Waals surface area contributed by atoms with Gasteiger partial charge in [-0.3, -0.25) is 38.4 Å². The zero-order valence-corrected chi connectivity index (χ0v) is 49.2. The van der Waals surface area contributed by atoms with E-state index in [1.165, 1.54) is 30.5 Å². The summed E-state index contributed by atoms with van der Waals surface area (Å²) in [6, 6.07) is 13.7. The SMILES string of the molecule is Cc1sc2c(c1C)C(c1ccc(Cl)cc1)=N[C@@H](CC(=O)Nc1ccc(OCCOCCOCCNC(=O)c3c(C(=O)N4CCN(C(=O)C(NC(=O)C(C)N(C)C(=O)O)C5CCCCC5)CC4)n(C)c4cc(F)c(F)cc34)cc1)c1nnc(C)n1-2. The van der Waals surface area contributed by atoms with E-state index in [-0.39, 0.29) is 112 Å². The van der Waals surface area contributed by atoms with Gasteiger partial charge in [0.2, 0.25) is 17.7 Å². The maximum atomic E-state index is 14.8. The molecule has 5 heterocycles. The van der Waals surface area contributed by atoms with Gasteiger partial charge in [-0.1, -0.05) is 43.0 Å². The number of nitrogens with zero attached hydrogens (tertiary/aromatic N) is 8. The van der Waals surface area contributed by atoms with Gasteiger partial charge in [-0.15, -0.1) is 21.5 Å². The minimum Gasteiger partial charge on any atom is -0.491 e. The fourth-order valence-corrected chi connectivity index (χ4v) is 12.2. The van der Waals surface area contributed by atoms with Crippen molar-refractivity contribution in [3.05, 3.63) is 122 Å². The number of hydrogen-bond donors (Lipinski definition) is 4. The summed E-state index contributed by atoms with van der Waals surface area (Å²) in [7, 11) is 2.77. The third-order valence-corrected chi connectivity index (χ3v) is 17.2. The summed E-state index contributed by atoms with van der Waals surface area (Å²) in [6.45, 7) is 8.73. The largest absolute Gasteiger partial charge is 0.491 e. The van der Waals surface area contributed by atoms with Gasteiger partial charge < -0.3 is 49.6 Å². The first-order valence-corrected chi connectivity index (χ1v) is 29.1. The van der Waals surface area contributed by atoms with E-state index in [4.69, 9.17) is 30.8 Å². The van der Waals surface area contributed by atoms with Crippen LogP contribution in [0.15, 0.2) is 65.7 Å². The van der Waals surface area contributed by atoms with Crippen molar-refractivity contribution in [1.29, 1.82) is 0 Å². The molecule has 3 aromatic carbocycles. The number of halogens is 3. The number of rotatable bonds is 21. The highest BCUT2D eigenvalue weighted by Gasteiger charge is 2.39. The maximum absolute atomic E-state index is 14.8. The van der Waals surface area contributed by atoms with Crippen molar-refractivity contribution in [2.24, 2.45) is 18.0 Å². The van der Waals surface area contributed by atoms with Crippen molar-refractivity contribution in [3.8, 4) is 10.8 Å². The molecule has 9 rings (SSSR count). The highest BCUT2D eigenvalue weighted by molar-refractivity contribution is 7.15. The van der Waals surface area contributed by atoms with E-state index in [2.05, 4.69) is 40.0 Å². The molecule has 21 nitrogen and oxygen atoms in total. The quantitative estimate of drug-likeness (QED) is 0.0505. The Balaban J connectivity index is 0.723. The highest BCUT2D eigenvalue weighted by atomic mass is 35.5. The normalized spacial score (nSPS) is 16.0. The number of fused-ring (bicyclic) bond motifs is 4. The molecule has 1 saturated heterocycles. The summed E-state index contributed by atoms with van der Waals surface area (Å²) in [4.78, 5) is 91.1. The smallest absolute Gasteiger partial charge is 0.407 e. The lowest BCUT2D eigenvalue weighted by atomic mass is 9.83. The van der Waals surface area contributed by atoms with Crippen molar-refractivity contribution < 1.29 is 56.9 Å². The summed E-state index contributed by atoms with van der Waals surface area (Å²) in [6.07, 6.45) is 2.93. The number of piperazine rings is 1. The van der Waals surface area contributed by atoms with E-state index in [9.17, 15) is 42.7 Å². The Morgan fingerprint density at radius 3 is 2.20 bits per heavy atom. The third-order valence-electron chi connectivity index (χ3n) is 15.8. The molecule has 1 aliphatic carbocycles. The molecule has 2 unspecified atom stereocenters. The van der Waals surface area contributed by atoms with E-state index >= 15 is 0 Å². The molecular weight excluding hydrogens is 1130 g/mol. The van der Waals surface area contributed by atoms with Gasteiger partial charge in [-0.2, -0.15) is 0 Å². The van der Waals surface area contributed by atoms with Crippen molar-refractivity contribution >= 4 is 80.9 Å². The van der Waals surface area contributed by atoms with Gasteiger partial charge in [0.15, 0.2) is 17.5 Å². The second kappa shape index (κ2) is 26.8. The average Bonchev–Trinajstić information content (AvgIpc) is 4.10. The molecule has 84 heavy (non-hydrogen) atoms. The second-order valence-corrected chi connectivity index (χ2v) is 22.8. The Kier molecular flexibility index (Phi) is 19.4. The summed E-state index contributed by atoms with van der Waals surface area (Å²) < 4.78 is 50.0. The minimum atomic E-state index is -1.28. The molecule has 446 valence electrons. The predicted molar refractivity (Wildman–Crippen MR) is 312 cm³/mol. The van der Waals surface area contributed by atoms with Crippen LogP contribution in [0.1, 0.15) is 106 Å². The van der Waals surface area contributed by atoms with E-state index in [1.54, 1.807) is 40.5 Å². The molecule has 3 aromatic heterocycles. The molecule has 3 atom stereocenters. The molecule has 4 N–H and O–H groups in total. The molecule has 6 aromatic rings. The fraction of sp³-hybridized carbons (Fsp3) is 0.441. The minimum absolute atomic E-state index is 0.00888. The Bertz CT molecular complexity index is 3460. The van der Waals surface area contributed by atoms with Crippen LogP contribution in [0.2, 0.25) is 5.02 Å². The van der Waals surface area contributed by atoms with E-state index in [0.29, 0.717) is 40.9 Å². The number of aromatic nitrogens is 4. The molecule has 25 heteroatoms. The van der Waals surface area contributed by atoms with Crippen molar-refractivity contribution in [1.82, 2.24) is 44.7 Å². The van der Waals surface area contributed by atoms with Crippen LogP contribution < -0.4 is 20.7 Å². The van der Waals surface area contributed by atoms with Gasteiger partial charge in [0.25, 0.3) is 11.8 Å². The number of hydrogen-bond acceptors (Lipinski definition) is 13. The lowest BCUT2D eigenvalue weighted by Gasteiger charge is -2.39. The number of aliphatic imine (C=N–C) groups is 1. The Morgan fingerprint density at radius 2 is 1.51 bits per heavy atom. The number of thiophene rings is 1. The Hall–Kier alpha value is -7.80. The van der Waals surface area contributed by atoms with Crippen molar-refractivity contribution in [2.75, 3.05) is 78.1 Å². The molecule has 0 spiro atoms. The van der Waals surface area contributed by atoms with Gasteiger partial charge in [0.1, 0.15) is 47.0 Å². The maximum Gasteiger partial charge on any atom is 0.407 e. The van der Waals surface area contributed by atoms with Crippen LogP contribution in [0.3, 0.4) is 0 Å². The first-order chi connectivity index (χ1) is 40.3. The lowest BCUT2D eigenvalue weighted by molar-refractivity contribution is -0.140. The van der Waals surface area contributed by atoms with Gasteiger partial charge in [-0.25, -0.2) is 13.6 Å². The molecular formula is C59H68ClF2N11O10S. The average molecular weight is 1200 g/mol. The van der Waals surface area contributed by atoms with E-state index < -0.39 is 53.6 Å². The van der Waals surface area contributed by atoms with Gasteiger partial charge in [0, 0.05) is 85.0 Å². The number of anilines is 1. The fourth-order valence-electron chi connectivity index (χ4n) is 10.9. The number of ether oxygens (including phenoxy) is 3. The molecule has 6 amide bonds.